The number of nitrogens with one attached hydrogen (secondary N) is 1. The van der Waals surface area contributed by atoms with Crippen molar-refractivity contribution in [2.24, 2.45) is 0 Å². The molecule has 0 fully saturated rings. The normalized spacial score (nSPS) is 12.3. The maximum Gasteiger partial charge on any atom is 0.416 e. The number of hydrogen-bond acceptors (Lipinski definition) is 4. The Morgan fingerprint density at radius 1 is 1.26 bits per heavy atom. The number of amides is 1. The number of alkyl halides is 3. The quantitative estimate of drug-likeness (QED) is 0.568. The van der Waals surface area contributed by atoms with E-state index in [4.69, 9.17) is 16.3 Å². The summed E-state index contributed by atoms with van der Waals surface area (Å²) in [6.45, 7) is 1.12. The number of nitrogens with zero attached hydrogens (tertiary/aromatic N) is 1. The molecule has 0 spiro atoms. The molecule has 144 valence electrons. The van der Waals surface area contributed by atoms with E-state index in [1.807, 2.05) is 0 Å². The van der Waals surface area contributed by atoms with Crippen molar-refractivity contribution in [2.45, 2.75) is 19.1 Å². The molecule has 0 heterocycles. The molecule has 0 saturated heterocycles. The smallest absolute Gasteiger partial charge is 0.416 e. The lowest BCUT2D eigenvalue weighted by atomic mass is 10.1. The van der Waals surface area contributed by atoms with Crippen molar-refractivity contribution >= 4 is 23.2 Å². The van der Waals surface area contributed by atoms with Crippen LogP contribution in [0.3, 0.4) is 0 Å². The highest BCUT2D eigenvalue weighted by Gasteiger charge is 2.33. The number of hydrogen-bond donors (Lipinski definition) is 1. The van der Waals surface area contributed by atoms with Gasteiger partial charge in [0.1, 0.15) is 0 Å². The summed E-state index contributed by atoms with van der Waals surface area (Å²) < 4.78 is 43.1. The molecule has 10 heteroatoms. The molecular formula is C17H14ClF3N2O4. The summed E-state index contributed by atoms with van der Waals surface area (Å²) >= 11 is 5.79. The maximum atomic E-state index is 12.7. The highest BCUT2D eigenvalue weighted by Crippen LogP contribution is 2.36. The second kappa shape index (κ2) is 8.26. The zero-order chi connectivity index (χ0) is 20.2. The number of nitro benzene ring substituents is 1. The third-order valence-electron chi connectivity index (χ3n) is 3.59. The zero-order valence-corrected chi connectivity index (χ0v) is 14.7. The lowest BCUT2D eigenvalue weighted by Crippen LogP contribution is -2.31. The summed E-state index contributed by atoms with van der Waals surface area (Å²) in [5.41, 5.74) is -1.28. The first-order valence-electron chi connectivity index (χ1n) is 7.61. The van der Waals surface area contributed by atoms with Crippen LogP contribution in [-0.4, -0.2) is 17.4 Å². The molecule has 1 N–H and O–H groups in total. The molecule has 0 bridgehead atoms. The van der Waals surface area contributed by atoms with Gasteiger partial charge in [-0.1, -0.05) is 23.7 Å². The van der Waals surface area contributed by atoms with E-state index >= 15 is 0 Å². The monoisotopic (exact) mass is 402 g/mol. The van der Waals surface area contributed by atoms with Crippen LogP contribution in [0.15, 0.2) is 42.5 Å². The molecule has 6 nitrogen and oxygen atoms in total. The predicted octanol–water partition coefficient (Wildman–Crippen LogP) is 4.52. The van der Waals surface area contributed by atoms with E-state index in [0.717, 1.165) is 11.6 Å². The molecule has 2 aromatic rings. The Labute approximate surface area is 157 Å². The third kappa shape index (κ3) is 5.58. The lowest BCUT2D eigenvalue weighted by Gasteiger charge is -2.15. The molecule has 0 aromatic heterocycles. The SMILES string of the molecule is C[C@H](NC(=O)COc1ccc(C(F)(F)F)cc1[N+](=O)[O-])c1ccc(Cl)cc1. The average molecular weight is 403 g/mol. The fraction of sp³-hybridized carbons (Fsp3) is 0.235. The maximum absolute atomic E-state index is 12.7. The molecule has 1 amide bonds. The highest BCUT2D eigenvalue weighted by atomic mass is 35.5. The molecule has 0 saturated carbocycles. The summed E-state index contributed by atoms with van der Waals surface area (Å²) in [6.07, 6.45) is -4.73. The molecule has 0 aliphatic heterocycles. The van der Waals surface area contributed by atoms with Gasteiger partial charge in [0, 0.05) is 11.1 Å². The Balaban J connectivity index is 2.03. The van der Waals surface area contributed by atoms with Crippen molar-refractivity contribution in [2.75, 3.05) is 6.61 Å². The molecule has 27 heavy (non-hydrogen) atoms. The van der Waals surface area contributed by atoms with Gasteiger partial charge in [-0.3, -0.25) is 14.9 Å². The van der Waals surface area contributed by atoms with E-state index in [-0.39, 0.29) is 6.04 Å². The standard InChI is InChI=1S/C17H14ClF3N2O4/c1-10(11-2-5-13(18)6-3-11)22-16(24)9-27-15-7-4-12(17(19,20)21)8-14(15)23(25)26/h2-8,10H,9H2,1H3,(H,22,24)/t10-/m0/s1. The average Bonchev–Trinajstić information content (AvgIpc) is 2.59. The van der Waals surface area contributed by atoms with Crippen LogP contribution in [-0.2, 0) is 11.0 Å². The van der Waals surface area contributed by atoms with Gasteiger partial charge in [0.2, 0.25) is 0 Å². The van der Waals surface area contributed by atoms with E-state index in [2.05, 4.69) is 5.32 Å². The molecule has 0 aliphatic carbocycles. The Morgan fingerprint density at radius 3 is 2.44 bits per heavy atom. The van der Waals surface area contributed by atoms with E-state index in [9.17, 15) is 28.1 Å². The fourth-order valence-electron chi connectivity index (χ4n) is 2.22. The van der Waals surface area contributed by atoms with Gasteiger partial charge in [0.15, 0.2) is 12.4 Å². The summed E-state index contributed by atoms with van der Waals surface area (Å²) in [6, 6.07) is 8.19. The van der Waals surface area contributed by atoms with E-state index < -0.39 is 40.6 Å². The van der Waals surface area contributed by atoms with E-state index in [1.54, 1.807) is 31.2 Å². The van der Waals surface area contributed by atoms with Gasteiger partial charge < -0.3 is 10.1 Å². The first-order valence-corrected chi connectivity index (χ1v) is 7.99. The minimum Gasteiger partial charge on any atom is -0.477 e. The van der Waals surface area contributed by atoms with Gasteiger partial charge in [-0.2, -0.15) is 13.2 Å². The summed E-state index contributed by atoms with van der Waals surface area (Å²) in [7, 11) is 0. The van der Waals surface area contributed by atoms with Crippen LogP contribution < -0.4 is 10.1 Å². The zero-order valence-electron chi connectivity index (χ0n) is 13.9. The van der Waals surface area contributed by atoms with Crippen LogP contribution in [0.5, 0.6) is 5.75 Å². The van der Waals surface area contributed by atoms with Crippen molar-refractivity contribution in [1.29, 1.82) is 0 Å². The van der Waals surface area contributed by atoms with Crippen molar-refractivity contribution in [3.8, 4) is 5.75 Å². The summed E-state index contributed by atoms with van der Waals surface area (Å²) in [4.78, 5) is 21.9. The number of carbonyl (C=O) groups excluding carboxylic acids is 1. The number of nitro groups is 1. The second-order valence-electron chi connectivity index (χ2n) is 5.57. The van der Waals surface area contributed by atoms with Gasteiger partial charge in [0.05, 0.1) is 16.5 Å². The Morgan fingerprint density at radius 2 is 1.89 bits per heavy atom. The summed E-state index contributed by atoms with van der Waals surface area (Å²) in [5, 5.41) is 14.1. The van der Waals surface area contributed by atoms with Gasteiger partial charge in [0.25, 0.3) is 5.91 Å². The number of halogens is 4. The largest absolute Gasteiger partial charge is 0.477 e. The van der Waals surface area contributed by atoms with Gasteiger partial charge >= 0.3 is 11.9 Å². The van der Waals surface area contributed by atoms with Crippen molar-refractivity contribution < 1.29 is 27.6 Å². The minimum absolute atomic E-state index is 0.365. The molecule has 1 atom stereocenters. The topological polar surface area (TPSA) is 81.5 Å². The summed E-state index contributed by atoms with van der Waals surface area (Å²) in [5.74, 6) is -1.02. The van der Waals surface area contributed by atoms with E-state index in [0.29, 0.717) is 17.2 Å². The van der Waals surface area contributed by atoms with Gasteiger partial charge in [-0.25, -0.2) is 0 Å². The highest BCUT2D eigenvalue weighted by molar-refractivity contribution is 6.30. The molecule has 0 unspecified atom stereocenters. The van der Waals surface area contributed by atoms with Crippen molar-refractivity contribution in [3.05, 3.63) is 68.7 Å². The lowest BCUT2D eigenvalue weighted by molar-refractivity contribution is -0.386. The number of rotatable bonds is 6. The number of ether oxygens (including phenoxy) is 1. The number of benzene rings is 2. The van der Waals surface area contributed by atoms with Gasteiger partial charge in [-0.15, -0.1) is 0 Å². The Hall–Kier alpha value is -2.81. The first kappa shape index (κ1) is 20.5. The second-order valence-corrected chi connectivity index (χ2v) is 6.00. The van der Waals surface area contributed by atoms with Crippen LogP contribution >= 0.6 is 11.6 Å². The molecule has 0 radical (unpaired) electrons. The van der Waals surface area contributed by atoms with Crippen LogP contribution in [0.4, 0.5) is 18.9 Å². The molecule has 2 aromatic carbocycles. The molecule has 0 aliphatic rings. The van der Waals surface area contributed by atoms with Gasteiger partial charge in [-0.05, 0) is 36.8 Å². The van der Waals surface area contributed by atoms with Crippen molar-refractivity contribution in [3.63, 3.8) is 0 Å². The van der Waals surface area contributed by atoms with Crippen LogP contribution in [0.2, 0.25) is 5.02 Å². The van der Waals surface area contributed by atoms with Crippen molar-refractivity contribution in [1.82, 2.24) is 5.32 Å². The molecular weight excluding hydrogens is 389 g/mol. The number of carbonyl (C=O) groups is 1. The first-order chi connectivity index (χ1) is 12.6. The predicted molar refractivity (Wildman–Crippen MR) is 91.6 cm³/mol. The van der Waals surface area contributed by atoms with E-state index in [1.165, 1.54) is 0 Å². The Bertz CT molecular complexity index is 841. The van der Waals surface area contributed by atoms with Crippen LogP contribution in [0, 0.1) is 10.1 Å². The Kier molecular flexibility index (Phi) is 6.27. The van der Waals surface area contributed by atoms with Crippen LogP contribution in [0.1, 0.15) is 24.1 Å². The minimum atomic E-state index is -4.73. The third-order valence-corrected chi connectivity index (χ3v) is 3.84. The van der Waals surface area contributed by atoms with Crippen LogP contribution in [0.25, 0.3) is 0 Å². The fourth-order valence-corrected chi connectivity index (χ4v) is 2.35. The molecule has 2 rings (SSSR count).